The Morgan fingerprint density at radius 2 is 1.90 bits per heavy atom. The number of hydrogen-bond acceptors (Lipinski definition) is 6. The summed E-state index contributed by atoms with van der Waals surface area (Å²) in [7, 11) is 0. The first-order chi connectivity index (χ1) is 18.4. The van der Waals surface area contributed by atoms with Crippen molar-refractivity contribution in [3.63, 3.8) is 0 Å². The number of nitrogens with zero attached hydrogens (tertiary/aromatic N) is 3. The molecule has 4 rings (SSSR count). The van der Waals surface area contributed by atoms with Gasteiger partial charge in [-0.3, -0.25) is 14.4 Å². The Balaban J connectivity index is 1.42. The van der Waals surface area contributed by atoms with Crippen molar-refractivity contribution < 1.29 is 41.9 Å². The normalized spacial score (nSPS) is 17.4. The second kappa shape index (κ2) is 11.0. The van der Waals surface area contributed by atoms with E-state index in [1.54, 1.807) is 10.9 Å². The number of benzene rings is 1. The van der Waals surface area contributed by atoms with Crippen LogP contribution in [0.25, 0.3) is 5.69 Å². The van der Waals surface area contributed by atoms with Crippen molar-refractivity contribution in [2.24, 2.45) is 5.92 Å². The number of pyridine rings is 1. The van der Waals surface area contributed by atoms with E-state index in [2.05, 4.69) is 15.3 Å². The summed E-state index contributed by atoms with van der Waals surface area (Å²) in [5.74, 6) is -5.36. The first-order valence-electron chi connectivity index (χ1n) is 11.8. The molecule has 0 spiro atoms. The molecule has 3 aromatic rings. The lowest BCUT2D eigenvalue weighted by Gasteiger charge is -2.17. The average molecular weight is 564 g/mol. The van der Waals surface area contributed by atoms with Crippen LogP contribution in [0.4, 0.5) is 13.2 Å². The topological polar surface area (TPSA) is 111 Å². The van der Waals surface area contributed by atoms with Crippen molar-refractivity contribution in [3.8, 4) is 5.69 Å². The van der Waals surface area contributed by atoms with Gasteiger partial charge in [0.05, 0.1) is 16.9 Å². The summed E-state index contributed by atoms with van der Waals surface area (Å²) in [6, 6.07) is 7.48. The number of nitrogens with one attached hydrogen (secondary N) is 1. The fourth-order valence-electron chi connectivity index (χ4n) is 4.66. The van der Waals surface area contributed by atoms with Crippen LogP contribution in [-0.4, -0.2) is 45.9 Å². The molecule has 1 unspecified atom stereocenters. The van der Waals surface area contributed by atoms with Gasteiger partial charge in [-0.05, 0) is 55.2 Å². The Hall–Kier alpha value is -4.06. The molecule has 2 atom stereocenters. The highest BCUT2D eigenvalue weighted by Gasteiger charge is 2.46. The zero-order chi connectivity index (χ0) is 28.5. The zero-order valence-electron chi connectivity index (χ0n) is 20.8. The number of hydrogen-bond donors (Lipinski definition) is 1. The molecule has 13 heteroatoms. The second-order valence-corrected chi connectivity index (χ2v) is 9.57. The predicted molar refractivity (Wildman–Crippen MR) is 130 cm³/mol. The predicted octanol–water partition coefficient (Wildman–Crippen LogP) is 3.01. The van der Waals surface area contributed by atoms with Gasteiger partial charge >= 0.3 is 23.7 Å². The molecule has 2 aromatic heterocycles. The van der Waals surface area contributed by atoms with E-state index < -0.39 is 29.9 Å². The van der Waals surface area contributed by atoms with Crippen LogP contribution in [0.15, 0.2) is 48.9 Å². The maximum Gasteiger partial charge on any atom is 0.498 e. The first kappa shape index (κ1) is 28.0. The van der Waals surface area contributed by atoms with Gasteiger partial charge in [0.1, 0.15) is 11.7 Å². The quantitative estimate of drug-likeness (QED) is 0.349. The van der Waals surface area contributed by atoms with Crippen molar-refractivity contribution in [1.29, 1.82) is 0 Å². The molecule has 0 bridgehead atoms. The summed E-state index contributed by atoms with van der Waals surface area (Å²) in [6.45, 7) is 3.59. The summed E-state index contributed by atoms with van der Waals surface area (Å²) in [5.41, 5.74) is 2.51. The lowest BCUT2D eigenvalue weighted by atomic mass is 9.87. The Morgan fingerprint density at radius 3 is 2.51 bits per heavy atom. The highest BCUT2D eigenvalue weighted by Crippen LogP contribution is 2.37. The molecule has 0 aliphatic heterocycles. The highest BCUT2D eigenvalue weighted by atomic mass is 35.5. The number of carbonyl (C=O) groups excluding carboxylic acids is 4. The monoisotopic (exact) mass is 563 g/mol. The Bertz CT molecular complexity index is 1450. The minimum absolute atomic E-state index is 0.00327. The number of Topliss-reactive ketones (excluding diaryl/α,β-unsaturated/α-hetero) is 2. The third-order valence-corrected chi connectivity index (χ3v) is 6.58. The number of alkyl halides is 3. The highest BCUT2D eigenvalue weighted by molar-refractivity contribution is 6.30. The third-order valence-electron chi connectivity index (χ3n) is 6.39. The molecule has 39 heavy (non-hydrogen) atoms. The van der Waals surface area contributed by atoms with E-state index in [0.717, 1.165) is 23.0 Å². The fraction of sp³-hybridized carbons (Fsp3) is 0.308. The Kier molecular flexibility index (Phi) is 7.86. The van der Waals surface area contributed by atoms with E-state index in [9.17, 15) is 32.3 Å². The molecule has 204 valence electrons. The van der Waals surface area contributed by atoms with Crippen molar-refractivity contribution in [2.75, 3.05) is 6.54 Å². The van der Waals surface area contributed by atoms with Crippen LogP contribution in [0.2, 0.25) is 5.02 Å². The Labute approximate surface area is 225 Å². The molecule has 0 radical (unpaired) electrons. The molecule has 1 aliphatic rings. The molecule has 0 saturated heterocycles. The number of aryl methyl sites for hydroxylation is 2. The average Bonchev–Trinajstić information content (AvgIpc) is 3.41. The molecule has 1 amide bonds. The van der Waals surface area contributed by atoms with Gasteiger partial charge in [-0.15, -0.1) is 0 Å². The molecule has 1 saturated carbocycles. The van der Waals surface area contributed by atoms with E-state index >= 15 is 0 Å². The molecular weight excluding hydrogens is 541 g/mol. The largest absolute Gasteiger partial charge is 0.498 e. The fourth-order valence-corrected chi connectivity index (χ4v) is 4.80. The maximum absolute atomic E-state index is 13.3. The van der Waals surface area contributed by atoms with Crippen LogP contribution < -0.4 is 14.9 Å². The third kappa shape index (κ3) is 6.00. The molecule has 2 heterocycles. The molecular formula is C26H23ClF3N4O5+. The molecule has 1 fully saturated rings. The van der Waals surface area contributed by atoms with Crippen molar-refractivity contribution in [2.45, 2.75) is 38.8 Å². The van der Waals surface area contributed by atoms with E-state index in [4.69, 9.17) is 11.6 Å². The molecule has 1 N–H and O–H groups in total. The van der Waals surface area contributed by atoms with Gasteiger partial charge < -0.3 is 5.32 Å². The van der Waals surface area contributed by atoms with Gasteiger partial charge in [0.25, 0.3) is 0 Å². The summed E-state index contributed by atoms with van der Waals surface area (Å²) in [5, 5.41) is 7.15. The van der Waals surface area contributed by atoms with Gasteiger partial charge in [-0.25, -0.2) is 9.48 Å². The van der Waals surface area contributed by atoms with E-state index in [-0.39, 0.29) is 36.6 Å². The lowest BCUT2D eigenvalue weighted by Crippen LogP contribution is -2.54. The van der Waals surface area contributed by atoms with Crippen LogP contribution in [-0.2, 0) is 14.4 Å². The number of aromatic nitrogens is 3. The van der Waals surface area contributed by atoms with E-state index in [0.29, 0.717) is 15.3 Å². The van der Waals surface area contributed by atoms with Crippen LogP contribution in [0.5, 0.6) is 0 Å². The molecule has 1 aromatic carbocycles. The van der Waals surface area contributed by atoms with Crippen molar-refractivity contribution >= 4 is 35.0 Å². The van der Waals surface area contributed by atoms with Crippen molar-refractivity contribution in [3.05, 3.63) is 76.3 Å². The molecule has 9 nitrogen and oxygen atoms in total. The summed E-state index contributed by atoms with van der Waals surface area (Å²) >= 11 is 5.96. The first-order valence-corrected chi connectivity index (χ1v) is 12.2. The van der Waals surface area contributed by atoms with Crippen molar-refractivity contribution in [1.82, 2.24) is 15.1 Å². The number of rotatable bonds is 7. The van der Waals surface area contributed by atoms with Gasteiger partial charge in [0.2, 0.25) is 6.20 Å². The number of carbonyl (C=O) groups is 4. The van der Waals surface area contributed by atoms with Crippen LogP contribution in [0, 0.1) is 19.8 Å². The van der Waals surface area contributed by atoms with Gasteiger partial charge in [-0.2, -0.15) is 23.1 Å². The van der Waals surface area contributed by atoms with Gasteiger partial charge in [0.15, 0.2) is 5.78 Å². The molecule has 1 aliphatic carbocycles. The maximum atomic E-state index is 13.3. The van der Waals surface area contributed by atoms with Crippen LogP contribution in [0.1, 0.15) is 45.9 Å². The number of amides is 1. The lowest BCUT2D eigenvalue weighted by molar-refractivity contribution is -0.872. The van der Waals surface area contributed by atoms with E-state index in [1.165, 1.54) is 24.4 Å². The second-order valence-electron chi connectivity index (χ2n) is 9.13. The number of halogens is 4. The summed E-state index contributed by atoms with van der Waals surface area (Å²) < 4.78 is 39.7. The smallest absolute Gasteiger partial charge is 0.347 e. The summed E-state index contributed by atoms with van der Waals surface area (Å²) in [4.78, 5) is 54.2. The van der Waals surface area contributed by atoms with Crippen LogP contribution in [0.3, 0.4) is 0 Å². The van der Waals surface area contributed by atoms with E-state index in [1.807, 2.05) is 26.0 Å². The van der Waals surface area contributed by atoms with Crippen LogP contribution >= 0.6 is 11.6 Å². The summed E-state index contributed by atoms with van der Waals surface area (Å²) in [6.07, 6.45) is -0.971. The SMILES string of the molecule is Cc1cc(-n2cc(Cl)cn2)cc(C)c1C1C(=O)C[C@@H](CCNC(=O)c2cccc[n+]2OC(=O)C(F)(F)F)C1=O. The Morgan fingerprint density at radius 1 is 1.21 bits per heavy atom. The zero-order valence-corrected chi connectivity index (χ0v) is 21.5. The van der Waals surface area contributed by atoms with Gasteiger partial charge in [-0.1, -0.05) is 11.6 Å². The number of ketones is 2. The minimum Gasteiger partial charge on any atom is -0.347 e. The van der Waals surface area contributed by atoms with Gasteiger partial charge in [0, 0.05) is 41.9 Å². The standard InChI is InChI=1S/C26H22ClF3N4O5/c1-14-9-18(33-13-17(27)12-32-33)10-15(2)21(14)22-20(35)11-16(23(22)36)6-7-31-24(37)19-5-3-4-8-34(19)39-25(38)26(28,29)30/h3-5,8-10,12-13,16,22H,6-7,11H2,1-2H3/p+1/t16-,22?/m1/s1. The minimum atomic E-state index is -5.24.